The molecule has 0 radical (unpaired) electrons. The van der Waals surface area contributed by atoms with Crippen LogP contribution in [0.5, 0.6) is 0 Å². The van der Waals surface area contributed by atoms with E-state index in [0.717, 1.165) is 36.9 Å². The van der Waals surface area contributed by atoms with E-state index in [2.05, 4.69) is 33.5 Å². The maximum atomic E-state index is 12.7. The topological polar surface area (TPSA) is 54.9 Å². The van der Waals surface area contributed by atoms with Gasteiger partial charge in [-0.2, -0.15) is 0 Å². The van der Waals surface area contributed by atoms with Crippen molar-refractivity contribution in [2.24, 2.45) is 0 Å². The number of halogens is 1. The van der Waals surface area contributed by atoms with E-state index >= 15 is 0 Å². The normalized spacial score (nSPS) is 12.1. The van der Waals surface area contributed by atoms with E-state index in [1.807, 2.05) is 50.2 Å². The Balaban J connectivity index is 1.56. The van der Waals surface area contributed by atoms with E-state index in [4.69, 9.17) is 11.6 Å². The fourth-order valence-electron chi connectivity index (χ4n) is 2.87. The summed E-state index contributed by atoms with van der Waals surface area (Å²) in [5, 5.41) is 5.05. The molecule has 7 heteroatoms. The zero-order valence-electron chi connectivity index (χ0n) is 15.8. The van der Waals surface area contributed by atoms with Gasteiger partial charge in [0.1, 0.15) is 16.2 Å². The van der Waals surface area contributed by atoms with Crippen LogP contribution < -0.4 is 5.32 Å². The number of hydrogen-bond acceptors (Lipinski definition) is 5. The molecule has 0 fully saturated rings. The van der Waals surface area contributed by atoms with Crippen molar-refractivity contribution in [2.75, 3.05) is 5.32 Å². The molecule has 0 bridgehead atoms. The van der Waals surface area contributed by atoms with Gasteiger partial charge in [-0.15, -0.1) is 11.3 Å². The van der Waals surface area contributed by atoms with Crippen LogP contribution in [0.25, 0.3) is 20.7 Å². The third-order valence-electron chi connectivity index (χ3n) is 4.53. The summed E-state index contributed by atoms with van der Waals surface area (Å²) < 4.78 is 0. The summed E-state index contributed by atoms with van der Waals surface area (Å²) in [7, 11) is 0. The number of fused-ring (bicyclic) bond motifs is 1. The summed E-state index contributed by atoms with van der Waals surface area (Å²) in [4.78, 5) is 23.6. The third-order valence-corrected chi connectivity index (χ3v) is 7.15. The van der Waals surface area contributed by atoms with Gasteiger partial charge in [0.15, 0.2) is 0 Å². The molecule has 29 heavy (non-hydrogen) atoms. The summed E-state index contributed by atoms with van der Waals surface area (Å²) in [6.45, 7) is 3.76. The highest BCUT2D eigenvalue weighted by Crippen LogP contribution is 2.37. The van der Waals surface area contributed by atoms with Crippen LogP contribution in [0.2, 0.25) is 5.02 Å². The zero-order chi connectivity index (χ0) is 20.4. The number of carbonyl (C=O) groups excluding carboxylic acids is 1. The first-order chi connectivity index (χ1) is 14.0. The molecule has 2 aromatic heterocycles. The van der Waals surface area contributed by atoms with Gasteiger partial charge in [-0.1, -0.05) is 59.8 Å². The Bertz CT molecular complexity index is 1180. The number of nitrogens with zero attached hydrogens (tertiary/aromatic N) is 2. The highest BCUT2D eigenvalue weighted by molar-refractivity contribution is 8.00. The molecular weight excluding hydrogens is 422 g/mol. The lowest BCUT2D eigenvalue weighted by molar-refractivity contribution is -0.115. The van der Waals surface area contributed by atoms with Crippen LogP contribution >= 0.6 is 34.7 Å². The lowest BCUT2D eigenvalue weighted by Gasteiger charge is -2.14. The van der Waals surface area contributed by atoms with E-state index < -0.39 is 0 Å². The number of hydrogen-bond donors (Lipinski definition) is 1. The lowest BCUT2D eigenvalue weighted by Crippen LogP contribution is -2.23. The number of thiophene rings is 1. The zero-order valence-corrected chi connectivity index (χ0v) is 18.2. The molecule has 2 aromatic carbocycles. The van der Waals surface area contributed by atoms with Crippen LogP contribution in [0.1, 0.15) is 12.5 Å². The quantitative estimate of drug-likeness (QED) is 0.287. The van der Waals surface area contributed by atoms with Crippen LogP contribution in [0.3, 0.4) is 0 Å². The predicted octanol–water partition coefficient (Wildman–Crippen LogP) is 6.44. The highest BCUT2D eigenvalue weighted by atomic mass is 35.5. The molecule has 0 aliphatic rings. The first-order valence-electron chi connectivity index (χ1n) is 9.05. The van der Waals surface area contributed by atoms with Crippen molar-refractivity contribution in [1.82, 2.24) is 9.97 Å². The first kappa shape index (κ1) is 19.9. The van der Waals surface area contributed by atoms with Crippen molar-refractivity contribution in [1.29, 1.82) is 0 Å². The summed E-state index contributed by atoms with van der Waals surface area (Å²) >= 11 is 9.21. The maximum absolute atomic E-state index is 12.7. The van der Waals surface area contributed by atoms with Crippen molar-refractivity contribution >= 4 is 56.5 Å². The van der Waals surface area contributed by atoms with Crippen molar-refractivity contribution < 1.29 is 4.79 Å². The summed E-state index contributed by atoms with van der Waals surface area (Å²) in [6.07, 6.45) is 1.56. The molecule has 0 spiro atoms. The molecule has 1 amide bonds. The van der Waals surface area contributed by atoms with Crippen LogP contribution in [0.4, 0.5) is 5.69 Å². The average Bonchev–Trinajstić information content (AvgIpc) is 3.17. The van der Waals surface area contributed by atoms with Crippen LogP contribution in [0.15, 0.2) is 66.0 Å². The number of benzene rings is 2. The van der Waals surface area contributed by atoms with Crippen molar-refractivity contribution in [3.05, 3.63) is 71.5 Å². The van der Waals surface area contributed by atoms with Gasteiger partial charge in [-0.25, -0.2) is 9.97 Å². The predicted molar refractivity (Wildman–Crippen MR) is 123 cm³/mol. The van der Waals surface area contributed by atoms with Crippen molar-refractivity contribution in [3.8, 4) is 10.4 Å². The molecule has 1 unspecified atom stereocenters. The molecule has 4 nitrogen and oxygen atoms in total. The van der Waals surface area contributed by atoms with Crippen LogP contribution in [0, 0.1) is 6.92 Å². The van der Waals surface area contributed by atoms with E-state index in [0.29, 0.717) is 5.02 Å². The minimum Gasteiger partial charge on any atom is -0.325 e. The molecule has 4 rings (SSSR count). The molecule has 1 atom stereocenters. The van der Waals surface area contributed by atoms with E-state index in [9.17, 15) is 4.79 Å². The Morgan fingerprint density at radius 3 is 2.72 bits per heavy atom. The van der Waals surface area contributed by atoms with Gasteiger partial charge >= 0.3 is 0 Å². The minimum absolute atomic E-state index is 0.0920. The van der Waals surface area contributed by atoms with Gasteiger partial charge < -0.3 is 5.32 Å². The first-order valence-corrected chi connectivity index (χ1v) is 11.1. The van der Waals surface area contributed by atoms with Crippen LogP contribution in [-0.4, -0.2) is 21.1 Å². The molecule has 2 heterocycles. The molecule has 4 aromatic rings. The number of amides is 1. The van der Waals surface area contributed by atoms with E-state index in [1.165, 1.54) is 11.8 Å². The number of anilines is 1. The molecular formula is C22H18ClN3OS2. The van der Waals surface area contributed by atoms with Gasteiger partial charge in [0.05, 0.1) is 5.25 Å². The summed E-state index contributed by atoms with van der Waals surface area (Å²) in [6, 6.07) is 17.8. The molecule has 0 saturated heterocycles. The molecule has 0 aliphatic heterocycles. The highest BCUT2D eigenvalue weighted by Gasteiger charge is 2.19. The minimum atomic E-state index is -0.327. The second-order valence-corrected chi connectivity index (χ2v) is 9.30. The second kappa shape index (κ2) is 8.53. The van der Waals surface area contributed by atoms with Gasteiger partial charge in [-0.05, 0) is 43.2 Å². The largest absolute Gasteiger partial charge is 0.325 e. The Morgan fingerprint density at radius 2 is 1.93 bits per heavy atom. The number of nitrogens with one attached hydrogen (secondary N) is 1. The number of thioether (sulfide) groups is 1. The van der Waals surface area contributed by atoms with E-state index in [1.54, 1.807) is 17.7 Å². The van der Waals surface area contributed by atoms with Gasteiger partial charge in [-0.3, -0.25) is 4.79 Å². The standard InChI is InChI=1S/C22H18ClN3OS2/c1-13-17(23)9-6-10-18(13)26-20(27)14(2)28-21-16-11-19(15-7-4-3-5-8-15)29-22(16)25-12-24-21/h3-12,14H,1-2H3,(H,26,27). The lowest BCUT2D eigenvalue weighted by atomic mass is 10.2. The van der Waals surface area contributed by atoms with Gasteiger partial charge in [0.25, 0.3) is 0 Å². The molecule has 0 aliphatic carbocycles. The van der Waals surface area contributed by atoms with Gasteiger partial charge in [0.2, 0.25) is 5.91 Å². The van der Waals surface area contributed by atoms with E-state index in [-0.39, 0.29) is 11.2 Å². The Morgan fingerprint density at radius 1 is 1.14 bits per heavy atom. The average molecular weight is 440 g/mol. The fourth-order valence-corrected chi connectivity index (χ4v) is 5.01. The molecule has 146 valence electrons. The SMILES string of the molecule is Cc1c(Cl)cccc1NC(=O)C(C)Sc1ncnc2sc(-c3ccccc3)cc12. The molecule has 0 saturated carbocycles. The third kappa shape index (κ3) is 4.29. The Kier molecular flexibility index (Phi) is 5.85. The van der Waals surface area contributed by atoms with Crippen molar-refractivity contribution in [2.45, 2.75) is 24.1 Å². The summed E-state index contributed by atoms with van der Waals surface area (Å²) in [5.41, 5.74) is 2.73. The maximum Gasteiger partial charge on any atom is 0.237 e. The van der Waals surface area contributed by atoms with Crippen molar-refractivity contribution in [3.63, 3.8) is 0 Å². The smallest absolute Gasteiger partial charge is 0.237 e. The Hall–Kier alpha value is -2.41. The number of aromatic nitrogens is 2. The van der Waals surface area contributed by atoms with Gasteiger partial charge in [0, 0.05) is 21.0 Å². The Labute approximate surface area is 182 Å². The second-order valence-electron chi connectivity index (χ2n) is 6.54. The number of carbonyl (C=O) groups is 1. The number of rotatable bonds is 5. The summed E-state index contributed by atoms with van der Waals surface area (Å²) in [5.74, 6) is -0.0920. The van der Waals surface area contributed by atoms with Crippen LogP contribution in [-0.2, 0) is 4.79 Å². The fraction of sp³-hybridized carbons (Fsp3) is 0.136. The monoisotopic (exact) mass is 439 g/mol. The molecule has 1 N–H and O–H groups in total.